The van der Waals surface area contributed by atoms with E-state index in [-0.39, 0.29) is 12.5 Å². The number of allylic oxidation sites excluding steroid dienone is 19. The van der Waals surface area contributed by atoms with E-state index < -0.39 is 26.6 Å². The Kier molecular flexibility index (Phi) is 59.1. The first kappa shape index (κ1) is 77.9. The molecule has 0 rings (SSSR count). The summed E-state index contributed by atoms with van der Waals surface area (Å²) in [5.41, 5.74) is 0. The number of rotatable bonds is 60. The van der Waals surface area contributed by atoms with Crippen molar-refractivity contribution in [2.24, 2.45) is 0 Å². The molecular formula is C72H127N2O6P. The van der Waals surface area contributed by atoms with Crippen molar-refractivity contribution in [3.63, 3.8) is 0 Å². The minimum atomic E-state index is -4.62. The van der Waals surface area contributed by atoms with Gasteiger partial charge in [0.25, 0.3) is 7.82 Å². The molecule has 0 aromatic rings. The number of hydrogen-bond acceptors (Lipinski definition) is 6. The molecule has 3 unspecified atom stereocenters. The Morgan fingerprint density at radius 1 is 0.444 bits per heavy atom. The molecule has 0 radical (unpaired) electrons. The number of nitrogens with zero attached hydrogens (tertiary/aromatic N) is 1. The van der Waals surface area contributed by atoms with E-state index in [4.69, 9.17) is 9.05 Å². The average molecular weight is 1150 g/mol. The average Bonchev–Trinajstić information content (AvgIpc) is 3.43. The third kappa shape index (κ3) is 64.3. The highest BCUT2D eigenvalue weighted by Gasteiger charge is 2.23. The lowest BCUT2D eigenvalue weighted by Gasteiger charge is -2.29. The summed E-state index contributed by atoms with van der Waals surface area (Å²) in [5.74, 6) is -0.224. The minimum Gasteiger partial charge on any atom is -0.756 e. The van der Waals surface area contributed by atoms with Gasteiger partial charge in [-0.05, 0) is 96.3 Å². The number of carbonyl (C=O) groups is 1. The van der Waals surface area contributed by atoms with Crippen molar-refractivity contribution in [2.75, 3.05) is 40.9 Å². The summed E-state index contributed by atoms with van der Waals surface area (Å²) < 4.78 is 23.4. The van der Waals surface area contributed by atoms with Crippen molar-refractivity contribution in [2.45, 2.75) is 289 Å². The lowest BCUT2D eigenvalue weighted by Crippen LogP contribution is -2.45. The van der Waals surface area contributed by atoms with Crippen LogP contribution in [0, 0.1) is 0 Å². The second-order valence-corrected chi connectivity index (χ2v) is 24.8. The monoisotopic (exact) mass is 1150 g/mol. The van der Waals surface area contributed by atoms with E-state index in [2.05, 4.69) is 129 Å². The van der Waals surface area contributed by atoms with Crippen LogP contribution in [0.4, 0.5) is 0 Å². The van der Waals surface area contributed by atoms with Crippen LogP contribution in [-0.2, 0) is 18.4 Å². The molecule has 0 spiro atoms. The molecule has 1 amide bonds. The number of hydrogen-bond donors (Lipinski definition) is 2. The number of carbonyl (C=O) groups excluding carboxylic acids is 1. The van der Waals surface area contributed by atoms with E-state index in [1.807, 2.05) is 27.2 Å². The minimum absolute atomic E-state index is 0.0158. The molecule has 0 saturated heterocycles. The summed E-state index contributed by atoms with van der Waals surface area (Å²) in [6, 6.07) is -0.923. The smallest absolute Gasteiger partial charge is 0.268 e. The first-order valence-electron chi connectivity index (χ1n) is 33.4. The fraction of sp³-hybridized carbons (Fsp3) is 0.708. The lowest BCUT2D eigenvalue weighted by molar-refractivity contribution is -0.870. The van der Waals surface area contributed by atoms with Crippen molar-refractivity contribution in [1.82, 2.24) is 5.32 Å². The van der Waals surface area contributed by atoms with Gasteiger partial charge in [-0.25, -0.2) is 0 Å². The molecule has 0 aromatic carbocycles. The highest BCUT2D eigenvalue weighted by Crippen LogP contribution is 2.38. The Morgan fingerprint density at radius 3 is 1.15 bits per heavy atom. The van der Waals surface area contributed by atoms with E-state index in [0.717, 1.165) is 116 Å². The fourth-order valence-corrected chi connectivity index (χ4v) is 9.97. The summed E-state index contributed by atoms with van der Waals surface area (Å²) in [4.78, 5) is 25.6. The zero-order chi connectivity index (χ0) is 59.1. The predicted molar refractivity (Wildman–Crippen MR) is 352 cm³/mol. The van der Waals surface area contributed by atoms with E-state index in [0.29, 0.717) is 17.4 Å². The molecule has 2 N–H and O–H groups in total. The van der Waals surface area contributed by atoms with Crippen LogP contribution in [0.2, 0.25) is 0 Å². The topological polar surface area (TPSA) is 108 Å². The van der Waals surface area contributed by atoms with Crippen molar-refractivity contribution >= 4 is 13.7 Å². The van der Waals surface area contributed by atoms with Crippen LogP contribution < -0.4 is 10.2 Å². The van der Waals surface area contributed by atoms with Gasteiger partial charge in [-0.3, -0.25) is 9.36 Å². The molecular weight excluding hydrogens is 1020 g/mol. The summed E-state index contributed by atoms with van der Waals surface area (Å²) in [7, 11) is 1.22. The zero-order valence-electron chi connectivity index (χ0n) is 53.2. The number of quaternary nitrogens is 1. The second kappa shape index (κ2) is 61.5. The number of aliphatic hydroxyl groups is 1. The van der Waals surface area contributed by atoms with Crippen LogP contribution >= 0.6 is 7.82 Å². The second-order valence-electron chi connectivity index (χ2n) is 23.4. The number of nitrogens with one attached hydrogen (secondary N) is 1. The van der Waals surface area contributed by atoms with Crippen molar-refractivity contribution in [3.05, 3.63) is 122 Å². The molecule has 8 nitrogen and oxygen atoms in total. The number of likely N-dealkylation sites (N-methyl/N-ethyl adjacent to an activating group) is 1. The van der Waals surface area contributed by atoms with E-state index in [1.165, 1.54) is 141 Å². The maximum absolute atomic E-state index is 13.0. The molecule has 0 saturated carbocycles. The van der Waals surface area contributed by atoms with E-state index in [9.17, 15) is 19.4 Å². The molecule has 0 aliphatic heterocycles. The third-order valence-corrected chi connectivity index (χ3v) is 15.4. The highest BCUT2D eigenvalue weighted by atomic mass is 31.2. The normalized spacial score (nSPS) is 14.5. The molecule has 0 bridgehead atoms. The van der Waals surface area contributed by atoms with Gasteiger partial charge in [0.05, 0.1) is 39.9 Å². The first-order valence-corrected chi connectivity index (χ1v) is 34.9. The standard InChI is InChI=1S/C72H127N2O6P/c1-6-8-10-12-14-16-18-20-22-24-26-28-30-32-34-36-37-38-40-42-44-46-48-50-52-54-56-58-60-62-64-66-72(76)73-70(69-80-81(77,78)79-68-67-74(3,4)5)71(75)65-63-61-59-57-55-53-51-49-47-45-43-41-39-35-33-31-29-27-25-23-21-19-17-15-13-11-9-7-2/h8,10,14,16,20,22,26,28,32,34,37-38,42,44,48,50,55,57,63,65,70-71,75H,6-7,9,11-13,15,17-19,21,23-25,27,29-31,33,35-36,39-41,43,45-47,49,51-54,56,58-62,64,66-69H2,1-5H3,(H-,73,76,77,78)/b10-8-,16-14-,22-20-,28-26-,34-32-,38-37-,44-42-,50-48-,57-55+,65-63+. The van der Waals surface area contributed by atoms with Crippen LogP contribution in [0.25, 0.3) is 0 Å². The van der Waals surface area contributed by atoms with Gasteiger partial charge in [-0.2, -0.15) is 0 Å². The van der Waals surface area contributed by atoms with Gasteiger partial charge in [0.15, 0.2) is 0 Å². The van der Waals surface area contributed by atoms with Crippen LogP contribution in [0.15, 0.2) is 122 Å². The summed E-state index contributed by atoms with van der Waals surface area (Å²) in [6.07, 6.45) is 91.6. The third-order valence-electron chi connectivity index (χ3n) is 14.4. The Hall–Kier alpha value is -3.10. The molecule has 0 aliphatic rings. The number of phosphoric ester groups is 1. The van der Waals surface area contributed by atoms with Gasteiger partial charge >= 0.3 is 0 Å². The number of phosphoric acid groups is 1. The predicted octanol–water partition coefficient (Wildman–Crippen LogP) is 20.6. The van der Waals surface area contributed by atoms with Crippen molar-refractivity contribution < 1.29 is 32.9 Å². The van der Waals surface area contributed by atoms with Crippen LogP contribution in [0.3, 0.4) is 0 Å². The van der Waals surface area contributed by atoms with Crippen molar-refractivity contribution in [3.8, 4) is 0 Å². The van der Waals surface area contributed by atoms with Gasteiger partial charge in [-0.1, -0.05) is 296 Å². The molecule has 0 fully saturated rings. The zero-order valence-corrected chi connectivity index (χ0v) is 54.1. The Morgan fingerprint density at radius 2 is 0.765 bits per heavy atom. The van der Waals surface area contributed by atoms with Gasteiger partial charge in [0, 0.05) is 6.42 Å². The molecule has 81 heavy (non-hydrogen) atoms. The Balaban J connectivity index is 4.24. The van der Waals surface area contributed by atoms with Crippen LogP contribution in [0.5, 0.6) is 0 Å². The molecule has 0 aromatic heterocycles. The van der Waals surface area contributed by atoms with E-state index in [1.54, 1.807) is 6.08 Å². The molecule has 3 atom stereocenters. The van der Waals surface area contributed by atoms with Gasteiger partial charge < -0.3 is 28.8 Å². The van der Waals surface area contributed by atoms with Gasteiger partial charge in [0.1, 0.15) is 13.2 Å². The summed E-state index contributed by atoms with van der Waals surface area (Å²) in [6.45, 7) is 4.52. The number of aliphatic hydroxyl groups excluding tert-OH is 1. The van der Waals surface area contributed by atoms with Crippen LogP contribution in [-0.4, -0.2) is 68.5 Å². The molecule has 0 heterocycles. The Bertz CT molecular complexity index is 1730. The highest BCUT2D eigenvalue weighted by molar-refractivity contribution is 7.45. The van der Waals surface area contributed by atoms with Crippen molar-refractivity contribution in [1.29, 1.82) is 0 Å². The lowest BCUT2D eigenvalue weighted by atomic mass is 10.0. The molecule has 9 heteroatoms. The maximum atomic E-state index is 13.0. The largest absolute Gasteiger partial charge is 0.756 e. The first-order chi connectivity index (χ1) is 39.5. The number of amides is 1. The molecule has 0 aliphatic carbocycles. The van der Waals surface area contributed by atoms with Gasteiger partial charge in [0.2, 0.25) is 5.91 Å². The molecule has 466 valence electrons. The van der Waals surface area contributed by atoms with E-state index >= 15 is 0 Å². The van der Waals surface area contributed by atoms with Gasteiger partial charge in [-0.15, -0.1) is 0 Å². The summed E-state index contributed by atoms with van der Waals surface area (Å²) in [5, 5.41) is 13.9. The van der Waals surface area contributed by atoms with Crippen LogP contribution in [0.1, 0.15) is 277 Å². The fourth-order valence-electron chi connectivity index (χ4n) is 9.25. The summed E-state index contributed by atoms with van der Waals surface area (Å²) >= 11 is 0. The Labute approximate surface area is 501 Å². The maximum Gasteiger partial charge on any atom is 0.268 e. The SMILES string of the molecule is CC/C=C\C/C=C\C/C=C\C/C=C\C/C=C\C/C=C\C/C=C\C/C=C\CCCCCCCCC(=O)NC(COP(=O)([O-])OCC[N+](C)(C)C)C(O)/C=C/CC/C=C/CCCCCCCCCCCCCCCCCCCCCCCC. The quantitative estimate of drug-likeness (QED) is 0.0272. The number of unbranched alkanes of at least 4 members (excludes halogenated alkanes) is 29.